The van der Waals surface area contributed by atoms with Crippen molar-refractivity contribution in [1.82, 2.24) is 4.90 Å². The van der Waals surface area contributed by atoms with E-state index in [4.69, 9.17) is 0 Å². The highest BCUT2D eigenvalue weighted by molar-refractivity contribution is 5.89. The molecule has 0 spiro atoms. The van der Waals surface area contributed by atoms with Gasteiger partial charge in [0.2, 0.25) is 0 Å². The predicted octanol–water partition coefficient (Wildman–Crippen LogP) is 7.00. The topological polar surface area (TPSA) is 32.3 Å². The Morgan fingerprint density at radius 3 is 1.97 bits per heavy atom. The van der Waals surface area contributed by atoms with E-state index in [1.54, 1.807) is 0 Å². The minimum absolute atomic E-state index is 0.0181. The number of carbonyl (C=O) groups is 1. The number of rotatable bonds is 6. The Bertz CT molecular complexity index is 1060. The summed E-state index contributed by atoms with van der Waals surface area (Å²) in [5.41, 5.74) is -0.363. The number of amides is 2. The van der Waals surface area contributed by atoms with Crippen molar-refractivity contribution in [3.05, 3.63) is 101 Å². The molecule has 0 aliphatic heterocycles. The Kier molecular flexibility index (Phi) is 7.30. The Hall–Kier alpha value is -3.49. The van der Waals surface area contributed by atoms with E-state index in [0.717, 1.165) is 29.8 Å². The summed E-state index contributed by atoms with van der Waals surface area (Å²) in [6, 6.07) is 17.2. The summed E-state index contributed by atoms with van der Waals surface area (Å²) in [6.07, 6.45) is -8.59. The van der Waals surface area contributed by atoms with Gasteiger partial charge in [0.15, 0.2) is 0 Å². The van der Waals surface area contributed by atoms with Crippen LogP contribution in [0.25, 0.3) is 0 Å². The molecular formula is C24H20F6N2O. The standard InChI is InChI=1S/C24H20F6N2O/c25-23(26,27)19-11-9-18(10-12-19)16-32(14-13-17-5-2-1-3-6-17)22(33)31-21-8-4-7-20(15-21)24(28,29)30/h1-12,15H,13-14,16H2,(H,31,33). The van der Waals surface area contributed by atoms with Crippen molar-refractivity contribution in [2.24, 2.45) is 0 Å². The van der Waals surface area contributed by atoms with Crippen LogP contribution in [-0.2, 0) is 25.3 Å². The van der Waals surface area contributed by atoms with Gasteiger partial charge in [0, 0.05) is 18.8 Å². The lowest BCUT2D eigenvalue weighted by Gasteiger charge is -2.24. The summed E-state index contributed by atoms with van der Waals surface area (Å²) in [5.74, 6) is 0. The third kappa shape index (κ3) is 7.00. The van der Waals surface area contributed by atoms with Crippen LogP contribution in [0.5, 0.6) is 0 Å². The first-order chi connectivity index (χ1) is 15.5. The van der Waals surface area contributed by atoms with Crippen molar-refractivity contribution < 1.29 is 31.1 Å². The monoisotopic (exact) mass is 466 g/mol. The van der Waals surface area contributed by atoms with Crippen molar-refractivity contribution in [3.8, 4) is 0 Å². The zero-order valence-electron chi connectivity index (χ0n) is 17.3. The second-order valence-electron chi connectivity index (χ2n) is 7.36. The molecule has 0 atom stereocenters. The van der Waals surface area contributed by atoms with E-state index in [0.29, 0.717) is 12.0 Å². The maximum atomic E-state index is 13.0. The molecule has 1 N–H and O–H groups in total. The minimum Gasteiger partial charge on any atom is -0.320 e. The van der Waals surface area contributed by atoms with Crippen molar-refractivity contribution in [1.29, 1.82) is 0 Å². The summed E-state index contributed by atoms with van der Waals surface area (Å²) in [4.78, 5) is 14.2. The second-order valence-corrected chi connectivity index (χ2v) is 7.36. The van der Waals surface area contributed by atoms with Gasteiger partial charge >= 0.3 is 18.4 Å². The fourth-order valence-electron chi connectivity index (χ4n) is 3.16. The van der Waals surface area contributed by atoms with Gasteiger partial charge in [0.1, 0.15) is 0 Å². The molecule has 0 radical (unpaired) electrons. The van der Waals surface area contributed by atoms with Crippen molar-refractivity contribution in [2.75, 3.05) is 11.9 Å². The zero-order valence-corrected chi connectivity index (χ0v) is 17.3. The molecular weight excluding hydrogens is 446 g/mol. The number of halogens is 6. The molecule has 174 valence electrons. The predicted molar refractivity (Wildman–Crippen MR) is 112 cm³/mol. The van der Waals surface area contributed by atoms with Gasteiger partial charge < -0.3 is 10.2 Å². The van der Waals surface area contributed by atoms with E-state index in [1.807, 2.05) is 30.3 Å². The molecule has 3 rings (SSSR count). The number of nitrogens with zero attached hydrogens (tertiary/aromatic N) is 1. The van der Waals surface area contributed by atoms with Crippen molar-refractivity contribution >= 4 is 11.7 Å². The minimum atomic E-state index is -4.56. The molecule has 3 aromatic carbocycles. The summed E-state index contributed by atoms with van der Waals surface area (Å²) >= 11 is 0. The molecule has 9 heteroatoms. The van der Waals surface area contributed by atoms with Gasteiger partial charge in [-0.3, -0.25) is 0 Å². The van der Waals surface area contributed by atoms with Gasteiger partial charge in [0.05, 0.1) is 11.1 Å². The van der Waals surface area contributed by atoms with E-state index in [1.165, 1.54) is 29.2 Å². The Balaban J connectivity index is 1.78. The Morgan fingerprint density at radius 2 is 1.36 bits per heavy atom. The molecule has 3 aromatic rings. The molecule has 0 unspecified atom stereocenters. The molecule has 0 heterocycles. The van der Waals surface area contributed by atoms with Crippen LogP contribution < -0.4 is 5.32 Å². The highest BCUT2D eigenvalue weighted by atomic mass is 19.4. The molecule has 0 saturated carbocycles. The third-order valence-corrected chi connectivity index (χ3v) is 4.90. The van der Waals surface area contributed by atoms with Gasteiger partial charge in [-0.25, -0.2) is 4.79 Å². The smallest absolute Gasteiger partial charge is 0.320 e. The zero-order chi connectivity index (χ0) is 24.1. The molecule has 0 saturated heterocycles. The molecule has 0 bridgehead atoms. The van der Waals surface area contributed by atoms with Crippen LogP contribution in [0.1, 0.15) is 22.3 Å². The summed E-state index contributed by atoms with van der Waals surface area (Å²) < 4.78 is 77.4. The van der Waals surface area contributed by atoms with Crippen molar-refractivity contribution in [2.45, 2.75) is 25.3 Å². The van der Waals surface area contributed by atoms with Crippen LogP contribution in [0.4, 0.5) is 36.8 Å². The summed E-state index contributed by atoms with van der Waals surface area (Å²) in [7, 11) is 0. The first kappa shape index (κ1) is 24.2. The summed E-state index contributed by atoms with van der Waals surface area (Å²) in [6.45, 7) is 0.186. The van der Waals surface area contributed by atoms with Crippen LogP contribution in [0.3, 0.4) is 0 Å². The molecule has 0 aliphatic rings. The van der Waals surface area contributed by atoms with Gasteiger partial charge in [-0.2, -0.15) is 26.3 Å². The maximum Gasteiger partial charge on any atom is 0.416 e. The lowest BCUT2D eigenvalue weighted by atomic mass is 10.1. The molecule has 3 nitrogen and oxygen atoms in total. The molecule has 0 fully saturated rings. The first-order valence-corrected chi connectivity index (χ1v) is 9.95. The van der Waals surface area contributed by atoms with Gasteiger partial charge in [-0.1, -0.05) is 48.5 Å². The number of hydrogen-bond donors (Lipinski definition) is 1. The largest absolute Gasteiger partial charge is 0.416 e. The lowest BCUT2D eigenvalue weighted by Crippen LogP contribution is -2.36. The molecule has 0 aliphatic carbocycles. The van der Waals surface area contributed by atoms with Gasteiger partial charge in [-0.15, -0.1) is 0 Å². The van der Waals surface area contributed by atoms with E-state index in [-0.39, 0.29) is 18.8 Å². The first-order valence-electron chi connectivity index (χ1n) is 9.95. The third-order valence-electron chi connectivity index (χ3n) is 4.90. The Labute approximate surface area is 186 Å². The lowest BCUT2D eigenvalue weighted by molar-refractivity contribution is -0.138. The molecule has 0 aromatic heterocycles. The van der Waals surface area contributed by atoms with E-state index in [9.17, 15) is 31.1 Å². The van der Waals surface area contributed by atoms with Crippen LogP contribution >= 0.6 is 0 Å². The SMILES string of the molecule is O=C(Nc1cccc(C(F)(F)F)c1)N(CCc1ccccc1)Cc1ccc(C(F)(F)F)cc1. The fourth-order valence-corrected chi connectivity index (χ4v) is 3.16. The number of alkyl halides is 6. The van der Waals surface area contributed by atoms with Crippen molar-refractivity contribution in [3.63, 3.8) is 0 Å². The van der Waals surface area contributed by atoms with Crippen LogP contribution in [0.15, 0.2) is 78.9 Å². The number of hydrogen-bond acceptors (Lipinski definition) is 1. The van der Waals surface area contributed by atoms with Crippen LogP contribution in [0, 0.1) is 0 Å². The summed E-state index contributed by atoms with van der Waals surface area (Å²) in [5, 5.41) is 2.45. The maximum absolute atomic E-state index is 13.0. The van der Waals surface area contributed by atoms with E-state index in [2.05, 4.69) is 5.32 Å². The van der Waals surface area contributed by atoms with Crippen LogP contribution in [0.2, 0.25) is 0 Å². The fraction of sp³-hybridized carbons (Fsp3) is 0.208. The number of nitrogens with one attached hydrogen (secondary N) is 1. The number of carbonyl (C=O) groups excluding carboxylic acids is 1. The highest BCUT2D eigenvalue weighted by Gasteiger charge is 2.31. The molecule has 2 amide bonds. The van der Waals surface area contributed by atoms with Gasteiger partial charge in [-0.05, 0) is 47.9 Å². The van der Waals surface area contributed by atoms with E-state index >= 15 is 0 Å². The highest BCUT2D eigenvalue weighted by Crippen LogP contribution is 2.31. The van der Waals surface area contributed by atoms with E-state index < -0.39 is 29.5 Å². The van der Waals surface area contributed by atoms with Gasteiger partial charge in [0.25, 0.3) is 0 Å². The number of anilines is 1. The number of benzene rings is 3. The quantitative estimate of drug-likeness (QED) is 0.390. The number of urea groups is 1. The van der Waals surface area contributed by atoms with Crippen LogP contribution in [-0.4, -0.2) is 17.5 Å². The second kappa shape index (κ2) is 9.97. The Morgan fingerprint density at radius 1 is 0.727 bits per heavy atom. The normalized spacial score (nSPS) is 11.8. The average Bonchev–Trinajstić information content (AvgIpc) is 2.76. The average molecular weight is 466 g/mol. The molecule has 33 heavy (non-hydrogen) atoms.